The summed E-state index contributed by atoms with van der Waals surface area (Å²) in [5.74, 6) is 2.04. The van der Waals surface area contributed by atoms with Gasteiger partial charge >= 0.3 is 5.97 Å². The molecule has 2 aromatic rings. The Morgan fingerprint density at radius 2 is 1.67 bits per heavy atom. The van der Waals surface area contributed by atoms with Crippen molar-refractivity contribution in [2.24, 2.45) is 5.41 Å². The van der Waals surface area contributed by atoms with Crippen molar-refractivity contribution >= 4 is 41.1 Å². The molecule has 0 aromatic heterocycles. The van der Waals surface area contributed by atoms with Crippen LogP contribution in [0.3, 0.4) is 0 Å². The predicted octanol–water partition coefficient (Wildman–Crippen LogP) is 6.65. The van der Waals surface area contributed by atoms with E-state index in [1.807, 2.05) is 54.7 Å². The van der Waals surface area contributed by atoms with Gasteiger partial charge in [0.1, 0.15) is 0 Å². The molecule has 2 nitrogen and oxygen atoms in total. The third-order valence-electron chi connectivity index (χ3n) is 4.44. The second-order valence-corrected chi connectivity index (χ2v) is 9.61. The van der Waals surface area contributed by atoms with E-state index < -0.39 is 0 Å². The lowest BCUT2D eigenvalue weighted by Crippen LogP contribution is -2.16. The molecule has 0 saturated heterocycles. The number of hydrogen-bond donors (Lipinski definition) is 0. The van der Waals surface area contributed by atoms with Crippen LogP contribution in [0, 0.1) is 5.41 Å². The normalized spacial score (nSPS) is 16.4. The maximum Gasteiger partial charge on any atom is 0.338 e. The second kappa shape index (κ2) is 8.57. The number of benzene rings is 2. The smallest absolute Gasteiger partial charge is 0.338 e. The van der Waals surface area contributed by atoms with Crippen LogP contribution in [-0.2, 0) is 4.74 Å². The fourth-order valence-electron chi connectivity index (χ4n) is 2.84. The number of thioether (sulfide) groups is 2. The van der Waals surface area contributed by atoms with Gasteiger partial charge in [-0.3, -0.25) is 0 Å². The third-order valence-corrected chi connectivity index (χ3v) is 7.74. The highest BCUT2D eigenvalue weighted by atomic mass is 32.2. The Morgan fingerprint density at radius 3 is 2.33 bits per heavy atom. The third kappa shape index (κ3) is 5.20. The molecule has 3 rings (SSSR count). The largest absolute Gasteiger partial charge is 0.462 e. The summed E-state index contributed by atoms with van der Waals surface area (Å²) in [5, 5.41) is 0. The van der Waals surface area contributed by atoms with Gasteiger partial charge in [0.05, 0.1) is 12.2 Å². The van der Waals surface area contributed by atoms with Crippen molar-refractivity contribution in [3.63, 3.8) is 0 Å². The zero-order valence-corrected chi connectivity index (χ0v) is 18.0. The van der Waals surface area contributed by atoms with Crippen LogP contribution in [0.5, 0.6) is 0 Å². The Balaban J connectivity index is 1.79. The lowest BCUT2D eigenvalue weighted by Gasteiger charge is -2.19. The van der Waals surface area contributed by atoms with Crippen LogP contribution >= 0.6 is 23.5 Å². The summed E-state index contributed by atoms with van der Waals surface area (Å²) in [6, 6.07) is 14.4. The molecule has 4 heteroatoms. The number of esters is 1. The highest BCUT2D eigenvalue weighted by Crippen LogP contribution is 2.43. The van der Waals surface area contributed by atoms with Gasteiger partial charge in [0.2, 0.25) is 0 Å². The Morgan fingerprint density at radius 1 is 1.04 bits per heavy atom. The molecule has 0 atom stereocenters. The lowest BCUT2D eigenvalue weighted by molar-refractivity contribution is 0.0526. The van der Waals surface area contributed by atoms with Crippen molar-refractivity contribution in [2.45, 2.75) is 37.5 Å². The van der Waals surface area contributed by atoms with E-state index in [1.54, 1.807) is 0 Å². The van der Waals surface area contributed by atoms with E-state index in [2.05, 4.69) is 45.0 Å². The van der Waals surface area contributed by atoms with Crippen molar-refractivity contribution in [1.82, 2.24) is 0 Å². The Labute approximate surface area is 170 Å². The van der Waals surface area contributed by atoms with Gasteiger partial charge in [0, 0.05) is 21.3 Å². The first kappa shape index (κ1) is 20.1. The highest BCUT2D eigenvalue weighted by molar-refractivity contribution is 8.03. The fourth-order valence-corrected chi connectivity index (χ4v) is 5.40. The maximum atomic E-state index is 11.8. The molecule has 1 aliphatic heterocycles. The first-order chi connectivity index (χ1) is 12.9. The molecule has 0 spiro atoms. The summed E-state index contributed by atoms with van der Waals surface area (Å²) in [6.07, 6.45) is 2.16. The average molecular weight is 399 g/mol. The number of allylic oxidation sites excluding steroid dienone is 1. The molecular weight excluding hydrogens is 372 g/mol. The minimum Gasteiger partial charge on any atom is -0.462 e. The van der Waals surface area contributed by atoms with Gasteiger partial charge in [0.15, 0.2) is 0 Å². The molecule has 1 heterocycles. The standard InChI is InChI=1S/C23H26O2S2/c1-5-25-22(24)18-8-6-17(7-9-18)12-16(2)19-10-11-20-21(13-19)27-15-23(3,4)14-26-20/h6-13H,5,14-15H2,1-4H3/b16-12+. The number of carbonyl (C=O) groups is 1. The molecule has 2 aromatic carbocycles. The highest BCUT2D eigenvalue weighted by Gasteiger charge is 2.23. The quantitative estimate of drug-likeness (QED) is 0.425. The molecule has 0 fully saturated rings. The van der Waals surface area contributed by atoms with E-state index in [0.717, 1.165) is 17.1 Å². The summed E-state index contributed by atoms with van der Waals surface area (Å²) in [7, 11) is 0. The lowest BCUT2D eigenvalue weighted by atomic mass is 10.0. The summed E-state index contributed by atoms with van der Waals surface area (Å²) >= 11 is 3.93. The fraction of sp³-hybridized carbons (Fsp3) is 0.348. The molecular formula is C23H26O2S2. The zero-order chi connectivity index (χ0) is 19.4. The summed E-state index contributed by atoms with van der Waals surface area (Å²) in [5.41, 5.74) is 4.50. The molecule has 0 bridgehead atoms. The van der Waals surface area contributed by atoms with Crippen molar-refractivity contribution in [1.29, 1.82) is 0 Å². The van der Waals surface area contributed by atoms with Gasteiger partial charge in [-0.15, -0.1) is 23.5 Å². The molecule has 0 unspecified atom stereocenters. The van der Waals surface area contributed by atoms with Gasteiger partial charge in [-0.25, -0.2) is 4.79 Å². The summed E-state index contributed by atoms with van der Waals surface area (Å²) in [4.78, 5) is 14.5. The van der Waals surface area contributed by atoms with Crippen LogP contribution in [0.15, 0.2) is 52.3 Å². The predicted molar refractivity (Wildman–Crippen MR) is 118 cm³/mol. The number of ether oxygens (including phenoxy) is 1. The van der Waals surface area contributed by atoms with Crippen LogP contribution in [0.25, 0.3) is 11.6 Å². The molecule has 27 heavy (non-hydrogen) atoms. The minimum absolute atomic E-state index is 0.270. The van der Waals surface area contributed by atoms with Gasteiger partial charge in [-0.1, -0.05) is 38.1 Å². The first-order valence-corrected chi connectivity index (χ1v) is 11.2. The molecule has 0 N–H and O–H groups in total. The van der Waals surface area contributed by atoms with Crippen molar-refractivity contribution in [2.75, 3.05) is 18.1 Å². The molecule has 0 radical (unpaired) electrons. The summed E-state index contributed by atoms with van der Waals surface area (Å²) in [6.45, 7) is 9.03. The monoisotopic (exact) mass is 398 g/mol. The van der Waals surface area contributed by atoms with Crippen molar-refractivity contribution in [3.8, 4) is 0 Å². The van der Waals surface area contributed by atoms with Gasteiger partial charge in [-0.2, -0.15) is 0 Å². The number of fused-ring (bicyclic) bond motifs is 1. The van der Waals surface area contributed by atoms with Crippen molar-refractivity contribution < 1.29 is 9.53 Å². The van der Waals surface area contributed by atoms with Crippen molar-refractivity contribution in [3.05, 3.63) is 59.2 Å². The SMILES string of the molecule is CCOC(=O)c1ccc(/C=C(\C)c2ccc3c(c2)SCC(C)(C)CS3)cc1. The van der Waals surface area contributed by atoms with E-state index >= 15 is 0 Å². The number of hydrogen-bond acceptors (Lipinski definition) is 4. The Bertz CT molecular complexity index is 851. The average Bonchev–Trinajstić information content (AvgIpc) is 2.80. The van der Waals surface area contributed by atoms with E-state index in [9.17, 15) is 4.79 Å². The molecule has 0 saturated carbocycles. The van der Waals surface area contributed by atoms with E-state index in [1.165, 1.54) is 20.9 Å². The topological polar surface area (TPSA) is 26.3 Å². The molecule has 142 valence electrons. The Hall–Kier alpha value is -1.65. The summed E-state index contributed by atoms with van der Waals surface area (Å²) < 4.78 is 5.04. The number of rotatable bonds is 4. The molecule has 0 aliphatic carbocycles. The zero-order valence-electron chi connectivity index (χ0n) is 16.4. The number of carbonyl (C=O) groups excluding carboxylic acids is 1. The van der Waals surface area contributed by atoms with E-state index in [0.29, 0.717) is 17.6 Å². The van der Waals surface area contributed by atoms with Crippen LogP contribution in [-0.4, -0.2) is 24.1 Å². The Kier molecular flexibility index (Phi) is 6.38. The van der Waals surface area contributed by atoms with Gasteiger partial charge < -0.3 is 4.74 Å². The second-order valence-electron chi connectivity index (χ2n) is 7.57. The van der Waals surface area contributed by atoms with Gasteiger partial charge in [0.25, 0.3) is 0 Å². The first-order valence-electron chi connectivity index (χ1n) is 9.23. The van der Waals surface area contributed by atoms with E-state index in [4.69, 9.17) is 4.74 Å². The molecule has 1 aliphatic rings. The molecule has 0 amide bonds. The van der Waals surface area contributed by atoms with E-state index in [-0.39, 0.29) is 5.97 Å². The van der Waals surface area contributed by atoms with Crippen LogP contribution in [0.2, 0.25) is 0 Å². The minimum atomic E-state index is -0.270. The van der Waals surface area contributed by atoms with Crippen LogP contribution in [0.1, 0.15) is 49.2 Å². The maximum absolute atomic E-state index is 11.8. The van der Waals surface area contributed by atoms with Crippen LogP contribution in [0.4, 0.5) is 0 Å². The van der Waals surface area contributed by atoms with Gasteiger partial charge in [-0.05, 0) is 60.2 Å². The van der Waals surface area contributed by atoms with Crippen LogP contribution < -0.4 is 0 Å².